The molecule has 106 valence electrons. The van der Waals surface area contributed by atoms with Gasteiger partial charge in [-0.25, -0.2) is 0 Å². The fourth-order valence-electron chi connectivity index (χ4n) is 2.12. The Hall–Kier alpha value is -0.0400. The van der Waals surface area contributed by atoms with Crippen LogP contribution in [-0.2, 0) is 4.74 Å². The van der Waals surface area contributed by atoms with Gasteiger partial charge in [-0.3, -0.25) is 4.99 Å². The molecule has 0 bridgehead atoms. The number of halogens is 1. The summed E-state index contributed by atoms with van der Waals surface area (Å²) in [4.78, 5) is 4.58. The Kier molecular flexibility index (Phi) is 7.97. The molecule has 2 rings (SSSR count). The van der Waals surface area contributed by atoms with E-state index in [1.165, 1.54) is 25.7 Å². The number of hydrogen-bond donors (Lipinski definition) is 2. The van der Waals surface area contributed by atoms with Gasteiger partial charge in [0.05, 0.1) is 12.6 Å². The zero-order valence-electron chi connectivity index (χ0n) is 11.3. The lowest BCUT2D eigenvalue weighted by Gasteiger charge is -2.12. The van der Waals surface area contributed by atoms with E-state index in [0.29, 0.717) is 6.10 Å². The van der Waals surface area contributed by atoms with Crippen LogP contribution in [0, 0.1) is 5.92 Å². The maximum Gasteiger partial charge on any atom is 0.191 e. The Bertz CT molecular complexity index is 251. The quantitative estimate of drug-likeness (QED) is 0.430. The van der Waals surface area contributed by atoms with Crippen LogP contribution in [0.25, 0.3) is 0 Å². The van der Waals surface area contributed by atoms with Crippen LogP contribution in [0.3, 0.4) is 0 Å². The van der Waals surface area contributed by atoms with Crippen molar-refractivity contribution in [3.05, 3.63) is 0 Å². The van der Waals surface area contributed by atoms with Gasteiger partial charge in [0, 0.05) is 19.7 Å². The van der Waals surface area contributed by atoms with E-state index in [-0.39, 0.29) is 24.0 Å². The highest BCUT2D eigenvalue weighted by molar-refractivity contribution is 14.0. The van der Waals surface area contributed by atoms with Crippen LogP contribution >= 0.6 is 24.0 Å². The van der Waals surface area contributed by atoms with Gasteiger partial charge in [0.2, 0.25) is 0 Å². The van der Waals surface area contributed by atoms with Crippen molar-refractivity contribution < 1.29 is 4.74 Å². The number of rotatable bonds is 6. The first kappa shape index (κ1) is 16.0. The van der Waals surface area contributed by atoms with Crippen molar-refractivity contribution in [1.82, 2.24) is 10.6 Å². The lowest BCUT2D eigenvalue weighted by atomic mass is 10.2. The molecule has 4 nitrogen and oxygen atoms in total. The van der Waals surface area contributed by atoms with Crippen molar-refractivity contribution in [2.24, 2.45) is 10.9 Å². The first-order valence-electron chi connectivity index (χ1n) is 7.02. The van der Waals surface area contributed by atoms with Gasteiger partial charge in [-0.05, 0) is 32.1 Å². The molecule has 1 saturated carbocycles. The van der Waals surface area contributed by atoms with Crippen LogP contribution < -0.4 is 10.6 Å². The van der Waals surface area contributed by atoms with E-state index in [1.54, 1.807) is 0 Å². The Morgan fingerprint density at radius 1 is 1.28 bits per heavy atom. The third-order valence-electron chi connectivity index (χ3n) is 3.36. The Balaban J connectivity index is 0.00000162. The van der Waals surface area contributed by atoms with Crippen LogP contribution in [0.5, 0.6) is 0 Å². The van der Waals surface area contributed by atoms with Crippen molar-refractivity contribution >= 4 is 29.9 Å². The Morgan fingerprint density at radius 3 is 2.72 bits per heavy atom. The second kappa shape index (κ2) is 8.96. The number of nitrogens with one attached hydrogen (secondary N) is 2. The smallest absolute Gasteiger partial charge is 0.191 e. The average molecular weight is 367 g/mol. The molecule has 1 unspecified atom stereocenters. The summed E-state index contributed by atoms with van der Waals surface area (Å²) in [5, 5.41) is 6.68. The standard InChI is InChI=1S/C13H25N3O.HI/c1-2-14-13(15-8-7-11-5-6-11)16-10-12-4-3-9-17-12;/h11-12H,2-10H2,1H3,(H2,14,15,16);1H. The largest absolute Gasteiger partial charge is 0.376 e. The molecule has 0 spiro atoms. The number of guanidine groups is 1. The average Bonchev–Trinajstić information content (AvgIpc) is 3.00. The Morgan fingerprint density at radius 2 is 2.11 bits per heavy atom. The molecular formula is C13H26IN3O. The van der Waals surface area contributed by atoms with Crippen LogP contribution in [-0.4, -0.2) is 38.3 Å². The van der Waals surface area contributed by atoms with Crippen molar-refractivity contribution in [2.45, 2.75) is 45.1 Å². The molecule has 1 aliphatic heterocycles. The summed E-state index contributed by atoms with van der Waals surface area (Å²) in [6.45, 7) is 5.76. The minimum atomic E-state index is 0. The summed E-state index contributed by atoms with van der Waals surface area (Å²) in [6, 6.07) is 0. The summed E-state index contributed by atoms with van der Waals surface area (Å²) >= 11 is 0. The van der Waals surface area contributed by atoms with E-state index in [1.807, 2.05) is 0 Å². The maximum atomic E-state index is 5.57. The summed E-state index contributed by atoms with van der Waals surface area (Å²) in [5.74, 6) is 1.92. The minimum Gasteiger partial charge on any atom is -0.376 e. The number of nitrogens with zero attached hydrogens (tertiary/aromatic N) is 1. The molecule has 1 aliphatic carbocycles. The molecule has 1 saturated heterocycles. The van der Waals surface area contributed by atoms with Gasteiger partial charge in [-0.1, -0.05) is 12.8 Å². The molecule has 0 aromatic carbocycles. The second-order valence-electron chi connectivity index (χ2n) is 5.01. The van der Waals surface area contributed by atoms with Crippen molar-refractivity contribution in [2.75, 3.05) is 26.2 Å². The third-order valence-corrected chi connectivity index (χ3v) is 3.36. The van der Waals surface area contributed by atoms with E-state index in [9.17, 15) is 0 Å². The van der Waals surface area contributed by atoms with E-state index < -0.39 is 0 Å². The normalized spacial score (nSPS) is 23.6. The predicted molar refractivity (Wildman–Crippen MR) is 85.7 cm³/mol. The number of ether oxygens (including phenoxy) is 1. The molecule has 2 aliphatic rings. The van der Waals surface area contributed by atoms with Gasteiger partial charge < -0.3 is 15.4 Å². The monoisotopic (exact) mass is 367 g/mol. The predicted octanol–water partition coefficient (Wildman–Crippen LogP) is 2.14. The lowest BCUT2D eigenvalue weighted by molar-refractivity contribution is 0.117. The third kappa shape index (κ3) is 6.22. The fraction of sp³-hybridized carbons (Fsp3) is 0.923. The zero-order chi connectivity index (χ0) is 11.9. The van der Waals surface area contributed by atoms with E-state index in [2.05, 4.69) is 22.5 Å². The topological polar surface area (TPSA) is 45.7 Å². The molecule has 0 aromatic rings. The fourth-order valence-corrected chi connectivity index (χ4v) is 2.12. The maximum absolute atomic E-state index is 5.57. The minimum absolute atomic E-state index is 0. The highest BCUT2D eigenvalue weighted by Gasteiger charge is 2.20. The van der Waals surface area contributed by atoms with Gasteiger partial charge in [0.15, 0.2) is 5.96 Å². The lowest BCUT2D eigenvalue weighted by Crippen LogP contribution is -2.38. The molecule has 0 radical (unpaired) electrons. The summed E-state index contributed by atoms with van der Waals surface area (Å²) in [7, 11) is 0. The molecule has 1 heterocycles. The molecule has 2 fully saturated rings. The van der Waals surface area contributed by atoms with Gasteiger partial charge >= 0.3 is 0 Å². The first-order valence-corrected chi connectivity index (χ1v) is 7.02. The van der Waals surface area contributed by atoms with Crippen LogP contribution in [0.2, 0.25) is 0 Å². The van der Waals surface area contributed by atoms with E-state index in [0.717, 1.165) is 44.5 Å². The Labute approximate surface area is 127 Å². The molecule has 18 heavy (non-hydrogen) atoms. The van der Waals surface area contributed by atoms with Crippen molar-refractivity contribution in [1.29, 1.82) is 0 Å². The van der Waals surface area contributed by atoms with Crippen LogP contribution in [0.4, 0.5) is 0 Å². The zero-order valence-corrected chi connectivity index (χ0v) is 13.6. The summed E-state index contributed by atoms with van der Waals surface area (Å²) < 4.78 is 5.57. The molecule has 1 atom stereocenters. The van der Waals surface area contributed by atoms with Gasteiger partial charge in [0.1, 0.15) is 0 Å². The molecule has 2 N–H and O–H groups in total. The van der Waals surface area contributed by atoms with Crippen molar-refractivity contribution in [3.63, 3.8) is 0 Å². The van der Waals surface area contributed by atoms with E-state index in [4.69, 9.17) is 4.74 Å². The van der Waals surface area contributed by atoms with Gasteiger partial charge in [-0.15, -0.1) is 24.0 Å². The highest BCUT2D eigenvalue weighted by atomic mass is 127. The molecule has 0 aromatic heterocycles. The van der Waals surface area contributed by atoms with Gasteiger partial charge in [-0.2, -0.15) is 0 Å². The van der Waals surface area contributed by atoms with E-state index >= 15 is 0 Å². The molecular weight excluding hydrogens is 341 g/mol. The van der Waals surface area contributed by atoms with Crippen molar-refractivity contribution in [3.8, 4) is 0 Å². The summed E-state index contributed by atoms with van der Waals surface area (Å²) in [6.07, 6.45) is 6.81. The number of aliphatic imine (C=N–C) groups is 1. The highest BCUT2D eigenvalue weighted by Crippen LogP contribution is 2.31. The second-order valence-corrected chi connectivity index (χ2v) is 5.01. The molecule has 5 heteroatoms. The van der Waals surface area contributed by atoms with Crippen LogP contribution in [0.15, 0.2) is 4.99 Å². The van der Waals surface area contributed by atoms with Gasteiger partial charge in [0.25, 0.3) is 0 Å². The first-order chi connectivity index (χ1) is 8.38. The summed E-state index contributed by atoms with van der Waals surface area (Å²) in [5.41, 5.74) is 0. The SMILES string of the molecule is CCNC(=NCC1CCCO1)NCCC1CC1.I. The van der Waals surface area contributed by atoms with Crippen LogP contribution in [0.1, 0.15) is 39.0 Å². The number of hydrogen-bond acceptors (Lipinski definition) is 2. The molecule has 0 amide bonds.